The lowest BCUT2D eigenvalue weighted by molar-refractivity contribution is -0.122. The van der Waals surface area contributed by atoms with E-state index in [-0.39, 0.29) is 23.2 Å². The molecule has 3 atom stereocenters. The first-order valence-corrected chi connectivity index (χ1v) is 8.46. The van der Waals surface area contributed by atoms with Crippen LogP contribution in [0.2, 0.25) is 0 Å². The Kier molecular flexibility index (Phi) is 5.89. The van der Waals surface area contributed by atoms with Crippen molar-refractivity contribution in [2.24, 2.45) is 5.92 Å². The Morgan fingerprint density at radius 1 is 1.33 bits per heavy atom. The van der Waals surface area contributed by atoms with Crippen molar-refractivity contribution in [1.82, 2.24) is 5.32 Å². The number of hydrogen-bond acceptors (Lipinski definition) is 4. The van der Waals surface area contributed by atoms with Gasteiger partial charge in [-0.25, -0.2) is 0 Å². The molecule has 1 saturated heterocycles. The topological polar surface area (TPSA) is 75.8 Å². The van der Waals surface area contributed by atoms with Gasteiger partial charge in [0.05, 0.1) is 5.70 Å². The van der Waals surface area contributed by atoms with E-state index in [0.29, 0.717) is 11.5 Å². The lowest BCUT2D eigenvalue weighted by Gasteiger charge is -2.11. The minimum absolute atomic E-state index is 0.0226. The van der Waals surface area contributed by atoms with Crippen molar-refractivity contribution >= 4 is 17.5 Å². The molecule has 1 fully saturated rings. The highest BCUT2D eigenvalue weighted by Gasteiger charge is 2.53. The second kappa shape index (κ2) is 7.71. The average molecular weight is 331 g/mol. The van der Waals surface area contributed by atoms with Gasteiger partial charge >= 0.3 is 0 Å². The molecular formula is C19H25NO4. The van der Waals surface area contributed by atoms with Gasteiger partial charge < -0.3 is 10.1 Å². The molecule has 24 heavy (non-hydrogen) atoms. The van der Waals surface area contributed by atoms with Crippen LogP contribution in [0.4, 0.5) is 0 Å². The molecule has 0 saturated carbocycles. The van der Waals surface area contributed by atoms with Gasteiger partial charge in [-0.3, -0.25) is 14.4 Å². The number of allylic oxidation sites excluding steroid dienone is 3. The van der Waals surface area contributed by atoms with Crippen LogP contribution in [0.25, 0.3) is 0 Å². The van der Waals surface area contributed by atoms with Gasteiger partial charge in [0, 0.05) is 11.6 Å². The number of ketones is 2. The summed E-state index contributed by atoms with van der Waals surface area (Å²) >= 11 is 0. The molecule has 0 aromatic heterocycles. The second-order valence-corrected chi connectivity index (χ2v) is 6.61. The summed E-state index contributed by atoms with van der Waals surface area (Å²) in [7, 11) is 0. The summed E-state index contributed by atoms with van der Waals surface area (Å²) in [5.41, 5.74) is 1.53. The van der Waals surface area contributed by atoms with E-state index in [1.165, 1.54) is 12.8 Å². The van der Waals surface area contributed by atoms with Gasteiger partial charge in [0.2, 0.25) is 5.78 Å². The number of unbranched alkanes of at least 4 members (excludes halogenated alkanes) is 1. The Balaban J connectivity index is 1.97. The second-order valence-electron chi connectivity index (χ2n) is 6.61. The SMILES string of the molecule is CCCC[C@H](C)/C=C(C)/C=C(\C)C(=O)NC1=CC(=O)[C@H]2O[C@H]2C1=O. The highest BCUT2D eigenvalue weighted by Crippen LogP contribution is 2.30. The van der Waals surface area contributed by atoms with E-state index in [0.717, 1.165) is 18.1 Å². The van der Waals surface area contributed by atoms with E-state index in [1.807, 2.05) is 6.92 Å². The average Bonchev–Trinajstić information content (AvgIpc) is 3.31. The third-order valence-electron chi connectivity index (χ3n) is 4.19. The van der Waals surface area contributed by atoms with Crippen molar-refractivity contribution in [2.45, 2.75) is 59.2 Å². The third kappa shape index (κ3) is 4.51. The molecule has 0 spiro atoms. The number of carbonyl (C=O) groups excluding carboxylic acids is 3. The molecule has 2 aliphatic rings. The zero-order valence-electron chi connectivity index (χ0n) is 14.7. The van der Waals surface area contributed by atoms with Gasteiger partial charge in [0.25, 0.3) is 5.91 Å². The quantitative estimate of drug-likeness (QED) is 0.442. The Labute approximate surface area is 142 Å². The van der Waals surface area contributed by atoms with E-state index in [1.54, 1.807) is 13.0 Å². The van der Waals surface area contributed by atoms with Crippen molar-refractivity contribution < 1.29 is 19.1 Å². The maximum absolute atomic E-state index is 12.2. The summed E-state index contributed by atoms with van der Waals surface area (Å²) in [6.45, 7) is 7.97. The van der Waals surface area contributed by atoms with Crippen molar-refractivity contribution in [3.05, 3.63) is 35.1 Å². The van der Waals surface area contributed by atoms with Crippen LogP contribution in [-0.4, -0.2) is 29.7 Å². The molecule has 5 heteroatoms. The first-order valence-electron chi connectivity index (χ1n) is 8.46. The molecule has 0 bridgehead atoms. The number of ether oxygens (including phenoxy) is 1. The number of epoxide rings is 1. The van der Waals surface area contributed by atoms with Crippen LogP contribution in [0, 0.1) is 5.92 Å². The fraction of sp³-hybridized carbons (Fsp3) is 0.526. The van der Waals surface area contributed by atoms with Crippen molar-refractivity contribution in [3.8, 4) is 0 Å². The fourth-order valence-corrected chi connectivity index (χ4v) is 2.81. The largest absolute Gasteiger partial charge is 0.352 e. The monoisotopic (exact) mass is 331 g/mol. The van der Waals surface area contributed by atoms with E-state index in [4.69, 9.17) is 4.74 Å². The summed E-state index contributed by atoms with van der Waals surface area (Å²) < 4.78 is 4.99. The minimum Gasteiger partial charge on any atom is -0.352 e. The van der Waals surface area contributed by atoms with Gasteiger partial charge in [-0.15, -0.1) is 0 Å². The predicted molar refractivity (Wildman–Crippen MR) is 91.1 cm³/mol. The summed E-state index contributed by atoms with van der Waals surface area (Å²) in [5, 5.41) is 2.53. The van der Waals surface area contributed by atoms with Gasteiger partial charge in [-0.05, 0) is 26.2 Å². The number of Topliss-reactive ketones (excluding diaryl/α,β-unsaturated/α-hetero) is 1. The highest BCUT2D eigenvalue weighted by molar-refractivity contribution is 6.17. The standard InChI is InChI=1S/C19H25NO4/c1-5-6-7-11(2)8-12(3)9-13(4)19(23)20-14-10-15(21)17-18(24-17)16(14)22/h8-11,17-18H,5-7H2,1-4H3,(H,20,23)/b12-8+,13-9+/t11-,17+,18-/m0/s1. The number of amides is 1. The minimum atomic E-state index is -0.705. The number of rotatable bonds is 7. The van der Waals surface area contributed by atoms with E-state index < -0.39 is 12.2 Å². The number of hydrogen-bond donors (Lipinski definition) is 1. The fourth-order valence-electron chi connectivity index (χ4n) is 2.81. The van der Waals surface area contributed by atoms with Gasteiger partial charge in [0.1, 0.15) is 0 Å². The molecule has 0 aromatic rings. The number of carbonyl (C=O) groups is 3. The molecule has 1 aliphatic carbocycles. The van der Waals surface area contributed by atoms with Crippen LogP contribution >= 0.6 is 0 Å². The molecule has 0 aromatic carbocycles. The van der Waals surface area contributed by atoms with Gasteiger partial charge in [0.15, 0.2) is 18.0 Å². The molecule has 1 N–H and O–H groups in total. The van der Waals surface area contributed by atoms with Crippen molar-refractivity contribution in [1.29, 1.82) is 0 Å². The lowest BCUT2D eigenvalue weighted by Crippen LogP contribution is -2.34. The number of fused-ring (bicyclic) bond motifs is 1. The van der Waals surface area contributed by atoms with Gasteiger partial charge in [-0.2, -0.15) is 0 Å². The first kappa shape index (κ1) is 18.3. The summed E-state index contributed by atoms with van der Waals surface area (Å²) in [4.78, 5) is 35.8. The zero-order valence-corrected chi connectivity index (χ0v) is 14.7. The molecular weight excluding hydrogens is 306 g/mol. The predicted octanol–water partition coefficient (Wildman–Crippen LogP) is 2.62. The molecule has 0 unspecified atom stereocenters. The first-order chi connectivity index (χ1) is 11.3. The lowest BCUT2D eigenvalue weighted by atomic mass is 10.0. The molecule has 1 amide bonds. The Bertz CT molecular complexity index is 642. The normalized spacial score (nSPS) is 25.1. The summed E-state index contributed by atoms with van der Waals surface area (Å²) in [6, 6.07) is 0. The maximum atomic E-state index is 12.2. The number of nitrogens with one attached hydrogen (secondary N) is 1. The molecule has 5 nitrogen and oxygen atoms in total. The molecule has 1 aliphatic heterocycles. The highest BCUT2D eigenvalue weighted by atomic mass is 16.6. The van der Waals surface area contributed by atoms with Crippen LogP contribution in [-0.2, 0) is 19.1 Å². The van der Waals surface area contributed by atoms with Crippen LogP contribution in [0.5, 0.6) is 0 Å². The van der Waals surface area contributed by atoms with Crippen LogP contribution < -0.4 is 5.32 Å². The summed E-state index contributed by atoms with van der Waals surface area (Å²) in [5.74, 6) is -0.518. The maximum Gasteiger partial charge on any atom is 0.251 e. The van der Waals surface area contributed by atoms with E-state index >= 15 is 0 Å². The Morgan fingerprint density at radius 2 is 2.04 bits per heavy atom. The smallest absolute Gasteiger partial charge is 0.251 e. The molecule has 1 heterocycles. The molecule has 130 valence electrons. The summed E-state index contributed by atoms with van der Waals surface area (Å²) in [6.07, 6.45) is 7.24. The van der Waals surface area contributed by atoms with Crippen LogP contribution in [0.3, 0.4) is 0 Å². The van der Waals surface area contributed by atoms with Crippen molar-refractivity contribution in [2.75, 3.05) is 0 Å². The van der Waals surface area contributed by atoms with E-state index in [2.05, 4.69) is 25.2 Å². The van der Waals surface area contributed by atoms with Crippen LogP contribution in [0.15, 0.2) is 35.1 Å². The molecule has 0 radical (unpaired) electrons. The third-order valence-corrected chi connectivity index (χ3v) is 4.19. The van der Waals surface area contributed by atoms with Crippen molar-refractivity contribution in [3.63, 3.8) is 0 Å². The van der Waals surface area contributed by atoms with Gasteiger partial charge in [-0.1, -0.05) is 44.4 Å². The zero-order chi connectivity index (χ0) is 17.9. The van der Waals surface area contributed by atoms with E-state index in [9.17, 15) is 14.4 Å². The molecule has 2 rings (SSSR count). The van der Waals surface area contributed by atoms with Crippen LogP contribution in [0.1, 0.15) is 47.0 Å². The Hall–Kier alpha value is -2.01. The Morgan fingerprint density at radius 3 is 2.71 bits per heavy atom.